The predicted octanol–water partition coefficient (Wildman–Crippen LogP) is 6.87. The molecule has 2 rings (SSSR count). The van der Waals surface area contributed by atoms with E-state index in [1.54, 1.807) is 0 Å². The van der Waals surface area contributed by atoms with E-state index in [0.717, 1.165) is 0 Å². The van der Waals surface area contributed by atoms with Crippen LogP contribution in [0.1, 0.15) is 79.5 Å². The second kappa shape index (κ2) is 9.23. The minimum Gasteiger partial charge on any atom is -0.242 e. The summed E-state index contributed by atoms with van der Waals surface area (Å²) in [4.78, 5) is 0. The van der Waals surface area contributed by atoms with Gasteiger partial charge in [0.15, 0.2) is 0 Å². The Bertz CT molecular complexity index is 845. The van der Waals surface area contributed by atoms with Crippen LogP contribution < -0.4 is 5.30 Å². The molecule has 0 aliphatic carbocycles. The van der Waals surface area contributed by atoms with E-state index in [-0.39, 0.29) is 21.1 Å². The molecule has 0 fully saturated rings. The third kappa shape index (κ3) is 5.81. The molecule has 30 heavy (non-hydrogen) atoms. The maximum Gasteiger partial charge on any atom is 0.100 e. The van der Waals surface area contributed by atoms with E-state index in [2.05, 4.69) is 94.4 Å². The van der Waals surface area contributed by atoms with Gasteiger partial charge in [0.05, 0.1) is 10.8 Å². The fraction of sp³-hybridized carbons (Fsp3) is 0.538. The first-order valence-corrected chi connectivity index (χ1v) is 13.2. The largest absolute Gasteiger partial charge is 0.242 e. The first kappa shape index (κ1) is 25.2. The molecule has 2 atom stereocenters. The van der Waals surface area contributed by atoms with Crippen LogP contribution in [0.2, 0.25) is 0 Å². The van der Waals surface area contributed by atoms with Crippen molar-refractivity contribution >= 4 is 24.2 Å². The Kier molecular flexibility index (Phi) is 7.76. The molecule has 4 heteroatoms. The first-order valence-electron chi connectivity index (χ1n) is 10.7. The first-order chi connectivity index (χ1) is 13.7. The van der Waals surface area contributed by atoms with Gasteiger partial charge in [0.2, 0.25) is 0 Å². The summed E-state index contributed by atoms with van der Waals surface area (Å²) in [6.45, 7) is 20.3. The van der Waals surface area contributed by atoms with Gasteiger partial charge in [0.25, 0.3) is 0 Å². The van der Waals surface area contributed by atoms with Crippen LogP contribution in [0.5, 0.6) is 0 Å². The van der Waals surface area contributed by atoms with Gasteiger partial charge in [-0.1, -0.05) is 104 Å². The van der Waals surface area contributed by atoms with Crippen LogP contribution in [-0.2, 0) is 11.0 Å². The molecule has 0 saturated carbocycles. The van der Waals surface area contributed by atoms with E-state index in [4.69, 9.17) is 0 Å². The third-order valence-corrected chi connectivity index (χ3v) is 10.4. The van der Waals surface area contributed by atoms with Gasteiger partial charge in [-0.2, -0.15) is 0 Å². The summed E-state index contributed by atoms with van der Waals surface area (Å²) in [6, 6.07) is 19.3. The maximum absolute atomic E-state index is 13.5. The van der Waals surface area contributed by atoms with Gasteiger partial charge in [0, 0.05) is 7.05 Å². The van der Waals surface area contributed by atoms with E-state index in [9.17, 15) is 4.21 Å². The summed E-state index contributed by atoms with van der Waals surface area (Å²) in [7, 11) is 0.391. The summed E-state index contributed by atoms with van der Waals surface area (Å²) in [5.74, 6) is 0. The van der Waals surface area contributed by atoms with Crippen LogP contribution in [0.3, 0.4) is 0 Å². The zero-order valence-corrected chi connectivity index (χ0v) is 22.2. The standard InChI is InChI=1S/C26H40NOPS/c1-24(2,3)29(25(4,5)6)22-19-15-14-18-21(22)23(20-16-12-11-13-17-20)27(10)30(28)26(7,8)9/h11-19,23H,1-10H3/t23?,30-/m1/s1. The van der Waals surface area contributed by atoms with E-state index >= 15 is 0 Å². The lowest BCUT2D eigenvalue weighted by atomic mass is 9.99. The highest BCUT2D eigenvalue weighted by Crippen LogP contribution is 2.59. The van der Waals surface area contributed by atoms with Crippen LogP contribution in [0.4, 0.5) is 0 Å². The number of rotatable bonds is 5. The topological polar surface area (TPSA) is 20.3 Å². The van der Waals surface area contributed by atoms with Crippen molar-refractivity contribution in [3.63, 3.8) is 0 Å². The van der Waals surface area contributed by atoms with Gasteiger partial charge < -0.3 is 0 Å². The molecule has 2 aromatic carbocycles. The van der Waals surface area contributed by atoms with E-state index < -0.39 is 18.9 Å². The molecule has 0 amide bonds. The number of benzene rings is 2. The summed E-state index contributed by atoms with van der Waals surface area (Å²) < 4.78 is 15.2. The Morgan fingerprint density at radius 3 is 1.70 bits per heavy atom. The highest BCUT2D eigenvalue weighted by atomic mass is 32.2. The lowest BCUT2D eigenvalue weighted by Crippen LogP contribution is -2.40. The van der Waals surface area contributed by atoms with Crippen LogP contribution in [0, 0.1) is 0 Å². The van der Waals surface area contributed by atoms with Crippen LogP contribution in [-0.4, -0.2) is 30.6 Å². The van der Waals surface area contributed by atoms with Gasteiger partial charge in [-0.05, 0) is 47.5 Å². The molecule has 166 valence electrons. The van der Waals surface area contributed by atoms with Crippen molar-refractivity contribution in [3.8, 4) is 0 Å². The Hall–Kier alpha value is -1.02. The Labute approximate surface area is 188 Å². The predicted molar refractivity (Wildman–Crippen MR) is 136 cm³/mol. The molecular formula is C26H40NOPS. The fourth-order valence-corrected chi connectivity index (χ4v) is 9.84. The molecule has 0 saturated heterocycles. The summed E-state index contributed by atoms with van der Waals surface area (Å²) in [5, 5.41) is 1.73. The van der Waals surface area contributed by atoms with Crippen molar-refractivity contribution in [1.29, 1.82) is 0 Å². The minimum absolute atomic E-state index is 0.0582. The summed E-state index contributed by atoms with van der Waals surface area (Å²) in [5.41, 5.74) is 2.46. The number of hydrogen-bond acceptors (Lipinski definition) is 1. The van der Waals surface area contributed by atoms with Gasteiger partial charge >= 0.3 is 0 Å². The van der Waals surface area contributed by atoms with Crippen LogP contribution >= 0.6 is 7.92 Å². The SMILES string of the molecule is CN(C(c1ccccc1)c1ccccc1P(C(C)(C)C)C(C)(C)C)[S@](=O)C(C)(C)C. The molecule has 0 spiro atoms. The summed E-state index contributed by atoms with van der Waals surface area (Å²) in [6.07, 6.45) is 0. The number of nitrogens with zero attached hydrogens (tertiary/aromatic N) is 1. The lowest BCUT2D eigenvalue weighted by molar-refractivity contribution is 0.441. The average Bonchev–Trinajstić information content (AvgIpc) is 2.60. The Balaban J connectivity index is 2.77. The highest BCUT2D eigenvalue weighted by molar-refractivity contribution is 7.84. The maximum atomic E-state index is 13.5. The molecule has 0 radical (unpaired) electrons. The second-order valence-electron chi connectivity index (χ2n) is 11.0. The van der Waals surface area contributed by atoms with E-state index in [1.165, 1.54) is 16.4 Å². The number of hydrogen-bond donors (Lipinski definition) is 0. The van der Waals surface area contributed by atoms with Gasteiger partial charge in [0.1, 0.15) is 11.0 Å². The summed E-state index contributed by atoms with van der Waals surface area (Å²) >= 11 is 0. The molecule has 0 aromatic heterocycles. The zero-order valence-electron chi connectivity index (χ0n) is 20.5. The smallest absolute Gasteiger partial charge is 0.100 e. The van der Waals surface area contributed by atoms with Crippen LogP contribution in [0.15, 0.2) is 54.6 Å². The zero-order chi connectivity index (χ0) is 22.9. The van der Waals surface area contributed by atoms with Gasteiger partial charge in [-0.25, -0.2) is 8.51 Å². The molecule has 0 aliphatic rings. The molecule has 1 unspecified atom stereocenters. The van der Waals surface area contributed by atoms with Crippen molar-refractivity contribution in [2.75, 3.05) is 7.05 Å². The van der Waals surface area contributed by atoms with E-state index in [1.807, 2.05) is 33.9 Å². The highest BCUT2D eigenvalue weighted by Gasteiger charge is 2.39. The van der Waals surface area contributed by atoms with Gasteiger partial charge in [-0.3, -0.25) is 0 Å². The third-order valence-electron chi connectivity index (χ3n) is 5.08. The van der Waals surface area contributed by atoms with Crippen LogP contribution in [0.25, 0.3) is 0 Å². The molecule has 0 aliphatic heterocycles. The monoisotopic (exact) mass is 445 g/mol. The molecular weight excluding hydrogens is 405 g/mol. The average molecular weight is 446 g/mol. The molecule has 0 bridgehead atoms. The van der Waals surface area contributed by atoms with Crippen molar-refractivity contribution < 1.29 is 4.21 Å². The second-order valence-corrected chi connectivity index (χ2v) is 17.1. The van der Waals surface area contributed by atoms with Crippen molar-refractivity contribution in [2.45, 2.75) is 83.4 Å². The van der Waals surface area contributed by atoms with E-state index in [0.29, 0.717) is 0 Å². The van der Waals surface area contributed by atoms with Crippen molar-refractivity contribution in [3.05, 3.63) is 65.7 Å². The lowest BCUT2D eigenvalue weighted by Gasteiger charge is -2.44. The fourth-order valence-electron chi connectivity index (χ4n) is 4.40. The molecule has 2 aromatic rings. The minimum atomic E-state index is -1.14. The Morgan fingerprint density at radius 1 is 0.767 bits per heavy atom. The normalized spacial score (nSPS) is 15.5. The quantitative estimate of drug-likeness (QED) is 0.460. The van der Waals surface area contributed by atoms with Crippen molar-refractivity contribution in [2.24, 2.45) is 0 Å². The molecule has 0 heterocycles. The van der Waals surface area contributed by atoms with Gasteiger partial charge in [-0.15, -0.1) is 0 Å². The Morgan fingerprint density at radius 2 is 1.23 bits per heavy atom. The van der Waals surface area contributed by atoms with Crippen molar-refractivity contribution in [1.82, 2.24) is 4.31 Å². The molecule has 2 nitrogen and oxygen atoms in total. The molecule has 0 N–H and O–H groups in total.